The van der Waals surface area contributed by atoms with Gasteiger partial charge in [-0.3, -0.25) is 20.1 Å². The van der Waals surface area contributed by atoms with Gasteiger partial charge in [0.15, 0.2) is 0 Å². The van der Waals surface area contributed by atoms with E-state index in [4.69, 9.17) is 21.1 Å². The zero-order chi connectivity index (χ0) is 32.0. The molecule has 3 aromatic carbocycles. The number of halogens is 1. The van der Waals surface area contributed by atoms with Crippen LogP contribution in [-0.4, -0.2) is 38.3 Å². The van der Waals surface area contributed by atoms with E-state index in [1.807, 2.05) is 24.4 Å². The fourth-order valence-corrected chi connectivity index (χ4v) is 5.04. The summed E-state index contributed by atoms with van der Waals surface area (Å²) >= 11 is 6.67. The van der Waals surface area contributed by atoms with Crippen molar-refractivity contribution in [2.24, 2.45) is 0 Å². The van der Waals surface area contributed by atoms with Gasteiger partial charge in [-0.05, 0) is 65.8 Å². The van der Waals surface area contributed by atoms with Gasteiger partial charge in [-0.1, -0.05) is 41.9 Å². The number of benzene rings is 3. The van der Waals surface area contributed by atoms with E-state index in [1.165, 1.54) is 13.1 Å². The maximum absolute atomic E-state index is 11.7. The quantitative estimate of drug-likeness (QED) is 0.148. The molecule has 0 aliphatic carbocycles. The monoisotopic (exact) mass is 622 g/mol. The highest BCUT2D eigenvalue weighted by molar-refractivity contribution is 6.32. The highest BCUT2D eigenvalue weighted by Gasteiger charge is 2.32. The molecule has 0 bridgehead atoms. The highest BCUT2D eigenvalue weighted by atomic mass is 35.5. The number of aliphatic hydroxyl groups excluding tert-OH is 1. The molecule has 0 saturated carbocycles. The SMILES string of the molecule is Cc1c(COc2cc(OCc3cncc(C#N)c3)c(CN[C@](C)(CO)C(=O)O)cc2Cl)cccc1-c1ccc2ccncc2c1. The van der Waals surface area contributed by atoms with Gasteiger partial charge in [0.2, 0.25) is 0 Å². The van der Waals surface area contributed by atoms with Gasteiger partial charge in [0, 0.05) is 53.9 Å². The molecule has 5 rings (SSSR count). The highest BCUT2D eigenvalue weighted by Crippen LogP contribution is 2.35. The molecule has 0 saturated heterocycles. The molecular weight excluding hydrogens is 592 g/mol. The number of carbonyl (C=O) groups is 1. The number of nitrogens with zero attached hydrogens (tertiary/aromatic N) is 3. The number of rotatable bonds is 12. The maximum Gasteiger partial charge on any atom is 0.326 e. The summed E-state index contributed by atoms with van der Waals surface area (Å²) in [5, 5.41) is 33.9. The Morgan fingerprint density at radius 3 is 2.58 bits per heavy atom. The van der Waals surface area contributed by atoms with E-state index < -0.39 is 18.1 Å². The van der Waals surface area contributed by atoms with Gasteiger partial charge in [-0.15, -0.1) is 0 Å². The van der Waals surface area contributed by atoms with E-state index in [2.05, 4.69) is 52.5 Å². The van der Waals surface area contributed by atoms with E-state index in [0.29, 0.717) is 33.2 Å². The minimum absolute atomic E-state index is 0.0393. The predicted molar refractivity (Wildman–Crippen MR) is 171 cm³/mol. The van der Waals surface area contributed by atoms with E-state index >= 15 is 0 Å². The predicted octanol–water partition coefficient (Wildman–Crippen LogP) is 6.21. The number of ether oxygens (including phenoxy) is 2. The summed E-state index contributed by atoms with van der Waals surface area (Å²) in [4.78, 5) is 20.1. The normalized spacial score (nSPS) is 12.3. The first-order valence-corrected chi connectivity index (χ1v) is 14.5. The van der Waals surface area contributed by atoms with Gasteiger partial charge in [0.05, 0.1) is 17.2 Å². The number of fused-ring (bicyclic) bond motifs is 1. The van der Waals surface area contributed by atoms with Crippen LogP contribution in [0.5, 0.6) is 11.5 Å². The number of hydrogen-bond donors (Lipinski definition) is 3. The molecule has 0 radical (unpaired) electrons. The fraction of sp³-hybridized carbons (Fsp3) is 0.200. The standard InChI is InChI=1S/C35H31ClN4O5/c1-22-27(4-3-5-30(22)26-7-6-25-8-9-38-17-28(25)11-26)20-45-33-13-32(44-19-24-10-23(14-37)15-39-16-24)29(12-31(33)36)18-40-35(2,21-41)34(42)43/h3-13,15-17,40-41H,18-21H2,1-2H3,(H,42,43)/t35-/m1/s1. The number of pyridine rings is 2. The maximum atomic E-state index is 11.7. The minimum Gasteiger partial charge on any atom is -0.488 e. The Labute approximate surface area is 265 Å². The van der Waals surface area contributed by atoms with Crippen molar-refractivity contribution in [1.82, 2.24) is 15.3 Å². The second kappa shape index (κ2) is 13.7. The average Bonchev–Trinajstić information content (AvgIpc) is 3.06. The zero-order valence-electron chi connectivity index (χ0n) is 24.8. The number of aliphatic hydroxyl groups is 1. The minimum atomic E-state index is -1.58. The van der Waals surface area contributed by atoms with Crippen LogP contribution in [0.1, 0.15) is 34.7 Å². The van der Waals surface area contributed by atoms with Crippen molar-refractivity contribution in [3.05, 3.63) is 118 Å². The van der Waals surface area contributed by atoms with Crippen LogP contribution in [0.4, 0.5) is 0 Å². The molecule has 1 atom stereocenters. The number of hydrogen-bond acceptors (Lipinski definition) is 8. The summed E-state index contributed by atoms with van der Waals surface area (Å²) in [5.41, 5.74) is 4.25. The molecule has 0 spiro atoms. The Kier molecular flexibility index (Phi) is 9.59. The Morgan fingerprint density at radius 1 is 0.978 bits per heavy atom. The van der Waals surface area contributed by atoms with Crippen molar-refractivity contribution in [2.75, 3.05) is 6.61 Å². The molecule has 0 aliphatic heterocycles. The molecule has 0 aliphatic rings. The summed E-state index contributed by atoms with van der Waals surface area (Å²) in [6.45, 7) is 3.19. The zero-order valence-corrected chi connectivity index (χ0v) is 25.5. The molecule has 9 nitrogen and oxygen atoms in total. The summed E-state index contributed by atoms with van der Waals surface area (Å²) < 4.78 is 12.3. The molecular formula is C35H31ClN4O5. The number of nitriles is 1. The topological polar surface area (TPSA) is 138 Å². The number of carboxylic acid groups (broad SMARTS) is 1. The van der Waals surface area contributed by atoms with Gasteiger partial charge in [-0.25, -0.2) is 0 Å². The third kappa shape index (κ3) is 7.21. The summed E-state index contributed by atoms with van der Waals surface area (Å²) in [5.74, 6) is -0.426. The number of carboxylic acids is 1. The molecule has 3 N–H and O–H groups in total. The lowest BCUT2D eigenvalue weighted by atomic mass is 9.95. The second-order valence-corrected chi connectivity index (χ2v) is 11.2. The molecule has 0 unspecified atom stereocenters. The van der Waals surface area contributed by atoms with Crippen molar-refractivity contribution >= 4 is 28.3 Å². The van der Waals surface area contributed by atoms with Crippen LogP contribution in [0.15, 0.2) is 85.5 Å². The molecule has 0 fully saturated rings. The van der Waals surface area contributed by atoms with Crippen molar-refractivity contribution < 1.29 is 24.5 Å². The fourth-order valence-electron chi connectivity index (χ4n) is 4.80. The van der Waals surface area contributed by atoms with Crippen LogP contribution in [0.2, 0.25) is 5.02 Å². The number of aliphatic carboxylic acids is 1. The second-order valence-electron chi connectivity index (χ2n) is 10.8. The molecule has 45 heavy (non-hydrogen) atoms. The van der Waals surface area contributed by atoms with Crippen LogP contribution in [0, 0.1) is 18.3 Å². The van der Waals surface area contributed by atoms with Gasteiger partial charge in [0.25, 0.3) is 0 Å². The first-order chi connectivity index (χ1) is 21.7. The van der Waals surface area contributed by atoms with Crippen LogP contribution in [0.25, 0.3) is 21.9 Å². The van der Waals surface area contributed by atoms with E-state index in [-0.39, 0.29) is 19.8 Å². The van der Waals surface area contributed by atoms with Crippen LogP contribution >= 0.6 is 11.6 Å². The first-order valence-electron chi connectivity index (χ1n) is 14.1. The molecule has 2 aromatic heterocycles. The van der Waals surface area contributed by atoms with E-state index in [0.717, 1.165) is 33.0 Å². The average molecular weight is 623 g/mol. The third-order valence-electron chi connectivity index (χ3n) is 7.67. The Balaban J connectivity index is 1.40. The van der Waals surface area contributed by atoms with Crippen molar-refractivity contribution in [2.45, 2.75) is 39.1 Å². The first kappa shape index (κ1) is 31.4. The molecule has 2 heterocycles. The van der Waals surface area contributed by atoms with Crippen molar-refractivity contribution in [1.29, 1.82) is 5.26 Å². The van der Waals surface area contributed by atoms with Crippen LogP contribution in [0.3, 0.4) is 0 Å². The lowest BCUT2D eigenvalue weighted by Crippen LogP contribution is -2.52. The van der Waals surface area contributed by atoms with Gasteiger partial charge < -0.3 is 19.7 Å². The Hall–Kier alpha value is -5.01. The lowest BCUT2D eigenvalue weighted by molar-refractivity contribution is -0.145. The van der Waals surface area contributed by atoms with Crippen molar-refractivity contribution in [3.8, 4) is 28.7 Å². The van der Waals surface area contributed by atoms with Gasteiger partial charge in [-0.2, -0.15) is 5.26 Å². The van der Waals surface area contributed by atoms with E-state index in [1.54, 1.807) is 30.6 Å². The molecule has 228 valence electrons. The summed E-state index contributed by atoms with van der Waals surface area (Å²) in [6.07, 6.45) is 6.69. The summed E-state index contributed by atoms with van der Waals surface area (Å²) in [7, 11) is 0. The van der Waals surface area contributed by atoms with E-state index in [9.17, 15) is 20.3 Å². The molecule has 5 aromatic rings. The van der Waals surface area contributed by atoms with Gasteiger partial charge >= 0.3 is 5.97 Å². The van der Waals surface area contributed by atoms with Crippen molar-refractivity contribution in [3.63, 3.8) is 0 Å². The largest absolute Gasteiger partial charge is 0.488 e. The third-order valence-corrected chi connectivity index (χ3v) is 7.97. The molecule has 10 heteroatoms. The van der Waals surface area contributed by atoms with Crippen LogP contribution < -0.4 is 14.8 Å². The van der Waals surface area contributed by atoms with Gasteiger partial charge in [0.1, 0.15) is 36.3 Å². The van der Waals surface area contributed by atoms with Crippen LogP contribution in [-0.2, 0) is 24.6 Å². The smallest absolute Gasteiger partial charge is 0.326 e. The number of aromatic nitrogens is 2. The lowest BCUT2D eigenvalue weighted by Gasteiger charge is -2.25. The Bertz CT molecular complexity index is 1910. The molecule has 0 amide bonds. The summed E-state index contributed by atoms with van der Waals surface area (Å²) in [6, 6.07) is 21.4. The number of nitrogens with one attached hydrogen (secondary N) is 1. The Morgan fingerprint density at radius 2 is 1.80 bits per heavy atom.